The van der Waals surface area contributed by atoms with Crippen molar-refractivity contribution in [3.8, 4) is 0 Å². The molecule has 2 aliphatic rings. The van der Waals surface area contributed by atoms with Crippen LogP contribution in [0.25, 0.3) is 0 Å². The van der Waals surface area contributed by atoms with Crippen LogP contribution in [0, 0.1) is 12.8 Å². The molecule has 0 spiro atoms. The number of amides is 2. The molecule has 2 aliphatic carbocycles. The van der Waals surface area contributed by atoms with E-state index in [1.807, 2.05) is 37.3 Å². The predicted octanol–water partition coefficient (Wildman–Crippen LogP) is 4.02. The number of aryl methyl sites for hydroxylation is 1. The van der Waals surface area contributed by atoms with Gasteiger partial charge in [0.2, 0.25) is 5.91 Å². The third-order valence-electron chi connectivity index (χ3n) is 5.57. The second kappa shape index (κ2) is 6.94. The Morgan fingerprint density at radius 2 is 1.81 bits per heavy atom. The zero-order valence-electron chi connectivity index (χ0n) is 15.0. The van der Waals surface area contributed by atoms with Crippen LogP contribution in [0.5, 0.6) is 0 Å². The monoisotopic (exact) mass is 348 g/mol. The standard InChI is InChI=1S/C22H24N2O2/c1-14-10-11-17(12-19(14)23-21(25)16-8-5-9-16)22(26)24-20-13-18(20)15-6-3-2-4-7-15/h2-4,6-7,10-12,16,18,20H,5,8-9,13H2,1H3,(H,23,25)(H,24,26)/t18-,20+/m0/s1. The van der Waals surface area contributed by atoms with Crippen LogP contribution in [0.4, 0.5) is 5.69 Å². The van der Waals surface area contributed by atoms with Gasteiger partial charge >= 0.3 is 0 Å². The average Bonchev–Trinajstić information content (AvgIpc) is 3.35. The maximum Gasteiger partial charge on any atom is 0.251 e. The molecule has 4 rings (SSSR count). The van der Waals surface area contributed by atoms with Gasteiger partial charge in [-0.1, -0.05) is 42.8 Å². The molecule has 2 fully saturated rings. The molecule has 0 bridgehead atoms. The van der Waals surface area contributed by atoms with Gasteiger partial charge in [-0.2, -0.15) is 0 Å². The Balaban J connectivity index is 1.40. The van der Waals surface area contributed by atoms with Crippen molar-refractivity contribution < 1.29 is 9.59 Å². The van der Waals surface area contributed by atoms with Crippen molar-refractivity contribution in [3.05, 3.63) is 65.2 Å². The van der Waals surface area contributed by atoms with Gasteiger partial charge in [0.1, 0.15) is 0 Å². The van der Waals surface area contributed by atoms with E-state index < -0.39 is 0 Å². The first-order chi connectivity index (χ1) is 12.6. The number of benzene rings is 2. The molecule has 2 aromatic rings. The summed E-state index contributed by atoms with van der Waals surface area (Å²) in [6.45, 7) is 1.95. The quantitative estimate of drug-likeness (QED) is 0.857. The van der Waals surface area contributed by atoms with Crippen LogP contribution in [0.15, 0.2) is 48.5 Å². The van der Waals surface area contributed by atoms with Crippen molar-refractivity contribution in [1.29, 1.82) is 0 Å². The molecule has 2 aromatic carbocycles. The largest absolute Gasteiger partial charge is 0.349 e. The van der Waals surface area contributed by atoms with E-state index in [1.165, 1.54) is 5.56 Å². The van der Waals surface area contributed by atoms with Crippen molar-refractivity contribution in [2.24, 2.45) is 5.92 Å². The van der Waals surface area contributed by atoms with Gasteiger partial charge in [-0.25, -0.2) is 0 Å². The van der Waals surface area contributed by atoms with E-state index in [9.17, 15) is 9.59 Å². The fourth-order valence-corrected chi connectivity index (χ4v) is 3.48. The van der Waals surface area contributed by atoms with Crippen molar-refractivity contribution in [1.82, 2.24) is 5.32 Å². The molecule has 26 heavy (non-hydrogen) atoms. The average molecular weight is 348 g/mol. The highest BCUT2D eigenvalue weighted by Gasteiger charge is 2.39. The second-order valence-corrected chi connectivity index (χ2v) is 7.48. The molecular weight excluding hydrogens is 324 g/mol. The van der Waals surface area contributed by atoms with E-state index >= 15 is 0 Å². The van der Waals surface area contributed by atoms with Crippen LogP contribution in [0.3, 0.4) is 0 Å². The summed E-state index contributed by atoms with van der Waals surface area (Å²) in [5.74, 6) is 0.532. The summed E-state index contributed by atoms with van der Waals surface area (Å²) in [6.07, 6.45) is 4.04. The SMILES string of the molecule is Cc1ccc(C(=O)N[C@@H]2C[C@H]2c2ccccc2)cc1NC(=O)C1CCC1. The van der Waals surface area contributed by atoms with E-state index in [4.69, 9.17) is 0 Å². The highest BCUT2D eigenvalue weighted by atomic mass is 16.2. The number of hydrogen-bond acceptors (Lipinski definition) is 2. The third-order valence-corrected chi connectivity index (χ3v) is 5.57. The molecule has 2 N–H and O–H groups in total. The maximum atomic E-state index is 12.6. The van der Waals surface area contributed by atoms with Gasteiger partial charge in [-0.05, 0) is 49.4 Å². The molecule has 0 saturated heterocycles. The number of carbonyl (C=O) groups excluding carboxylic acids is 2. The van der Waals surface area contributed by atoms with E-state index in [0.29, 0.717) is 11.5 Å². The molecule has 2 atom stereocenters. The van der Waals surface area contributed by atoms with Gasteiger partial charge < -0.3 is 10.6 Å². The van der Waals surface area contributed by atoms with Gasteiger partial charge in [0.25, 0.3) is 5.91 Å². The minimum absolute atomic E-state index is 0.0724. The summed E-state index contributed by atoms with van der Waals surface area (Å²) < 4.78 is 0. The molecular formula is C22H24N2O2. The van der Waals surface area contributed by atoms with Crippen LogP contribution in [0.2, 0.25) is 0 Å². The molecule has 0 heterocycles. The highest BCUT2D eigenvalue weighted by Crippen LogP contribution is 2.40. The lowest BCUT2D eigenvalue weighted by atomic mass is 9.85. The number of hydrogen-bond donors (Lipinski definition) is 2. The summed E-state index contributed by atoms with van der Waals surface area (Å²) in [5, 5.41) is 6.10. The Kier molecular flexibility index (Phi) is 4.49. The lowest BCUT2D eigenvalue weighted by Crippen LogP contribution is -2.29. The highest BCUT2D eigenvalue weighted by molar-refractivity contribution is 5.98. The van der Waals surface area contributed by atoms with E-state index in [1.54, 1.807) is 6.07 Å². The van der Waals surface area contributed by atoms with Crippen LogP contribution < -0.4 is 10.6 Å². The molecule has 4 nitrogen and oxygen atoms in total. The number of anilines is 1. The summed E-state index contributed by atoms with van der Waals surface area (Å²) >= 11 is 0. The fourth-order valence-electron chi connectivity index (χ4n) is 3.48. The lowest BCUT2D eigenvalue weighted by Gasteiger charge is -2.24. The molecule has 2 amide bonds. The maximum absolute atomic E-state index is 12.6. The Hall–Kier alpha value is -2.62. The fraction of sp³-hybridized carbons (Fsp3) is 0.364. The number of carbonyl (C=O) groups is 2. The lowest BCUT2D eigenvalue weighted by molar-refractivity contribution is -0.122. The smallest absolute Gasteiger partial charge is 0.251 e. The van der Waals surface area contributed by atoms with Gasteiger partial charge in [0.15, 0.2) is 0 Å². The summed E-state index contributed by atoms with van der Waals surface area (Å²) in [7, 11) is 0. The molecule has 0 aromatic heterocycles. The normalized spacial score (nSPS) is 21.6. The molecule has 2 saturated carbocycles. The molecule has 0 unspecified atom stereocenters. The van der Waals surface area contributed by atoms with Crippen molar-refractivity contribution in [3.63, 3.8) is 0 Å². The summed E-state index contributed by atoms with van der Waals surface area (Å²) in [5.41, 5.74) is 3.58. The Labute approximate surface area is 154 Å². The molecule has 0 radical (unpaired) electrons. The van der Waals surface area contributed by atoms with Crippen molar-refractivity contribution in [2.75, 3.05) is 5.32 Å². The minimum atomic E-state index is -0.0763. The Morgan fingerprint density at radius 3 is 2.50 bits per heavy atom. The zero-order valence-corrected chi connectivity index (χ0v) is 15.0. The van der Waals surface area contributed by atoms with Gasteiger partial charge in [-0.3, -0.25) is 9.59 Å². The van der Waals surface area contributed by atoms with Crippen LogP contribution in [0.1, 0.15) is 53.1 Å². The van der Waals surface area contributed by atoms with Crippen molar-refractivity contribution in [2.45, 2.75) is 44.6 Å². The Morgan fingerprint density at radius 1 is 1.04 bits per heavy atom. The van der Waals surface area contributed by atoms with E-state index in [2.05, 4.69) is 22.8 Å². The van der Waals surface area contributed by atoms with E-state index in [0.717, 1.165) is 36.9 Å². The topological polar surface area (TPSA) is 58.2 Å². The number of nitrogens with one attached hydrogen (secondary N) is 2. The predicted molar refractivity (Wildman–Crippen MR) is 102 cm³/mol. The molecule has 0 aliphatic heterocycles. The van der Waals surface area contributed by atoms with Gasteiger partial charge in [0.05, 0.1) is 0 Å². The molecule has 4 heteroatoms. The van der Waals surface area contributed by atoms with E-state index in [-0.39, 0.29) is 23.8 Å². The van der Waals surface area contributed by atoms with Crippen LogP contribution in [-0.2, 0) is 4.79 Å². The summed E-state index contributed by atoms with van der Waals surface area (Å²) in [6, 6.07) is 16.0. The zero-order chi connectivity index (χ0) is 18.1. The Bertz CT molecular complexity index is 827. The van der Waals surface area contributed by atoms with Gasteiger partial charge in [-0.15, -0.1) is 0 Å². The first-order valence-electron chi connectivity index (χ1n) is 9.39. The minimum Gasteiger partial charge on any atom is -0.349 e. The van der Waals surface area contributed by atoms with Crippen LogP contribution in [-0.4, -0.2) is 17.9 Å². The molecule has 134 valence electrons. The first kappa shape index (κ1) is 16.8. The second-order valence-electron chi connectivity index (χ2n) is 7.48. The van der Waals surface area contributed by atoms with Crippen molar-refractivity contribution >= 4 is 17.5 Å². The summed E-state index contributed by atoms with van der Waals surface area (Å²) in [4.78, 5) is 24.8. The van der Waals surface area contributed by atoms with Crippen LogP contribution >= 0.6 is 0 Å². The van der Waals surface area contributed by atoms with Gasteiger partial charge in [0, 0.05) is 29.1 Å². The third kappa shape index (κ3) is 3.50. The first-order valence-corrected chi connectivity index (χ1v) is 9.39. The number of rotatable bonds is 5.